The van der Waals surface area contributed by atoms with E-state index in [0.717, 1.165) is 13.0 Å². The highest BCUT2D eigenvalue weighted by atomic mass is 16.5. The van der Waals surface area contributed by atoms with Crippen LogP contribution in [0.15, 0.2) is 30.3 Å². The number of aliphatic hydroxyl groups is 1. The van der Waals surface area contributed by atoms with Crippen LogP contribution in [0, 0.1) is 11.3 Å². The summed E-state index contributed by atoms with van der Waals surface area (Å²) in [7, 11) is 0. The van der Waals surface area contributed by atoms with Crippen molar-refractivity contribution < 1.29 is 9.84 Å². The molecule has 1 saturated heterocycles. The average molecular weight is 244 g/mol. The molecule has 2 heteroatoms. The Hall–Kier alpha value is -0.860. The summed E-state index contributed by atoms with van der Waals surface area (Å²) in [6, 6.07) is 10.6. The summed E-state index contributed by atoms with van der Waals surface area (Å²) in [5, 5.41) is 10.5. The normalized spacial score (nSPS) is 46.1. The van der Waals surface area contributed by atoms with Gasteiger partial charge < -0.3 is 9.84 Å². The molecular formula is C16H20O2. The topological polar surface area (TPSA) is 29.5 Å². The molecule has 1 aromatic carbocycles. The highest BCUT2D eigenvalue weighted by Crippen LogP contribution is 2.65. The van der Waals surface area contributed by atoms with Crippen molar-refractivity contribution in [2.24, 2.45) is 11.3 Å². The standard InChI is InChI=1S/C16H20O2/c17-13-9-12-10-18-14-7-4-8-16(12,14)15(13)11-5-2-1-3-6-11/h1-3,5-6,12-15,17H,4,7-10H2/t12-,13-,14+,15-,16-/m1/s1. The van der Waals surface area contributed by atoms with Crippen molar-refractivity contribution in [3.8, 4) is 0 Å². The third-order valence-corrected chi connectivity index (χ3v) is 5.58. The Morgan fingerprint density at radius 1 is 1.22 bits per heavy atom. The third-order valence-electron chi connectivity index (χ3n) is 5.58. The van der Waals surface area contributed by atoms with Crippen molar-refractivity contribution in [1.82, 2.24) is 0 Å². The average Bonchev–Trinajstić information content (AvgIpc) is 2.99. The predicted molar refractivity (Wildman–Crippen MR) is 69.3 cm³/mol. The number of rotatable bonds is 1. The Morgan fingerprint density at radius 3 is 2.89 bits per heavy atom. The summed E-state index contributed by atoms with van der Waals surface area (Å²) < 4.78 is 6.02. The summed E-state index contributed by atoms with van der Waals surface area (Å²) in [5.41, 5.74) is 1.55. The molecule has 1 aromatic rings. The molecule has 0 radical (unpaired) electrons. The Labute approximate surface area is 108 Å². The molecule has 0 amide bonds. The second kappa shape index (κ2) is 3.82. The van der Waals surface area contributed by atoms with Crippen molar-refractivity contribution >= 4 is 0 Å². The van der Waals surface area contributed by atoms with E-state index in [2.05, 4.69) is 30.3 Å². The first-order chi connectivity index (χ1) is 8.82. The zero-order valence-corrected chi connectivity index (χ0v) is 10.6. The van der Waals surface area contributed by atoms with Gasteiger partial charge in [-0.05, 0) is 30.7 Å². The number of hydrogen-bond donors (Lipinski definition) is 1. The van der Waals surface area contributed by atoms with Gasteiger partial charge in [0.15, 0.2) is 0 Å². The van der Waals surface area contributed by atoms with Crippen molar-refractivity contribution in [2.75, 3.05) is 6.61 Å². The summed E-state index contributed by atoms with van der Waals surface area (Å²) >= 11 is 0. The highest BCUT2D eigenvalue weighted by molar-refractivity contribution is 5.29. The fourth-order valence-corrected chi connectivity index (χ4v) is 4.99. The van der Waals surface area contributed by atoms with Gasteiger partial charge in [0.2, 0.25) is 0 Å². The van der Waals surface area contributed by atoms with Crippen molar-refractivity contribution in [1.29, 1.82) is 0 Å². The van der Waals surface area contributed by atoms with E-state index in [-0.39, 0.29) is 11.5 Å². The highest BCUT2D eigenvalue weighted by Gasteiger charge is 2.64. The maximum Gasteiger partial charge on any atom is 0.0641 e. The van der Waals surface area contributed by atoms with E-state index in [1.165, 1.54) is 24.8 Å². The summed E-state index contributed by atoms with van der Waals surface area (Å²) in [6.07, 6.45) is 4.82. The minimum atomic E-state index is -0.179. The van der Waals surface area contributed by atoms with Crippen molar-refractivity contribution in [3.63, 3.8) is 0 Å². The summed E-state index contributed by atoms with van der Waals surface area (Å²) in [4.78, 5) is 0. The van der Waals surface area contributed by atoms with Gasteiger partial charge in [-0.25, -0.2) is 0 Å². The quantitative estimate of drug-likeness (QED) is 0.823. The Kier molecular flexibility index (Phi) is 2.33. The first-order valence-corrected chi connectivity index (χ1v) is 7.17. The molecule has 5 atom stereocenters. The second-order valence-electron chi connectivity index (χ2n) is 6.21. The molecule has 1 aliphatic heterocycles. The molecule has 2 aliphatic carbocycles. The molecule has 96 valence electrons. The van der Waals surface area contributed by atoms with Gasteiger partial charge in [-0.1, -0.05) is 36.8 Å². The molecule has 1 N–H and O–H groups in total. The predicted octanol–water partition coefficient (Wildman–Crippen LogP) is 2.72. The maximum atomic E-state index is 10.5. The van der Waals surface area contributed by atoms with Gasteiger partial charge in [0.1, 0.15) is 0 Å². The fraction of sp³-hybridized carbons (Fsp3) is 0.625. The van der Waals surface area contributed by atoms with E-state index < -0.39 is 0 Å². The van der Waals surface area contributed by atoms with E-state index >= 15 is 0 Å². The van der Waals surface area contributed by atoms with Crippen LogP contribution in [0.2, 0.25) is 0 Å². The first kappa shape index (κ1) is 11.0. The second-order valence-corrected chi connectivity index (χ2v) is 6.21. The van der Waals surface area contributed by atoms with Gasteiger partial charge in [-0.3, -0.25) is 0 Å². The van der Waals surface area contributed by atoms with Gasteiger partial charge in [-0.2, -0.15) is 0 Å². The lowest BCUT2D eigenvalue weighted by Crippen LogP contribution is -2.35. The van der Waals surface area contributed by atoms with Gasteiger partial charge in [0.05, 0.1) is 18.8 Å². The van der Waals surface area contributed by atoms with Crippen LogP contribution >= 0.6 is 0 Å². The smallest absolute Gasteiger partial charge is 0.0641 e. The van der Waals surface area contributed by atoms with Crippen molar-refractivity contribution in [2.45, 2.75) is 43.8 Å². The van der Waals surface area contributed by atoms with E-state index in [1.807, 2.05) is 0 Å². The molecule has 0 bridgehead atoms. The van der Waals surface area contributed by atoms with Gasteiger partial charge in [0.25, 0.3) is 0 Å². The lowest BCUT2D eigenvalue weighted by molar-refractivity contribution is 0.0323. The summed E-state index contributed by atoms with van der Waals surface area (Å²) in [6.45, 7) is 0.866. The van der Waals surface area contributed by atoms with Gasteiger partial charge >= 0.3 is 0 Å². The number of benzene rings is 1. The molecular weight excluding hydrogens is 224 g/mol. The van der Waals surface area contributed by atoms with Crippen LogP contribution in [0.5, 0.6) is 0 Å². The Morgan fingerprint density at radius 2 is 2.06 bits per heavy atom. The molecule has 2 nitrogen and oxygen atoms in total. The van der Waals surface area contributed by atoms with Crippen LogP contribution in [-0.2, 0) is 4.74 Å². The Balaban J connectivity index is 1.81. The minimum Gasteiger partial charge on any atom is -0.392 e. The molecule has 4 rings (SSSR count). The summed E-state index contributed by atoms with van der Waals surface area (Å²) in [5.74, 6) is 0.865. The SMILES string of the molecule is O[C@@H]1C[C@@H]2CO[C@H]3CCC[C@@]23[C@@H]1c1ccccc1. The molecule has 0 unspecified atom stereocenters. The van der Waals surface area contributed by atoms with Crippen LogP contribution in [0.4, 0.5) is 0 Å². The number of ether oxygens (including phenoxy) is 1. The van der Waals surface area contributed by atoms with E-state index in [9.17, 15) is 5.11 Å². The number of hydrogen-bond acceptors (Lipinski definition) is 2. The molecule has 1 heterocycles. The molecule has 2 saturated carbocycles. The third kappa shape index (κ3) is 1.25. The molecule has 18 heavy (non-hydrogen) atoms. The van der Waals surface area contributed by atoms with Crippen molar-refractivity contribution in [3.05, 3.63) is 35.9 Å². The Bertz CT molecular complexity index is 444. The molecule has 1 spiro atoms. The monoisotopic (exact) mass is 244 g/mol. The zero-order chi connectivity index (χ0) is 12.2. The van der Waals surface area contributed by atoms with E-state index in [1.54, 1.807) is 0 Å². The molecule has 3 fully saturated rings. The van der Waals surface area contributed by atoms with Gasteiger partial charge in [-0.15, -0.1) is 0 Å². The lowest BCUT2D eigenvalue weighted by atomic mass is 9.68. The largest absolute Gasteiger partial charge is 0.392 e. The molecule has 0 aromatic heterocycles. The van der Waals surface area contributed by atoms with Crippen LogP contribution in [0.25, 0.3) is 0 Å². The van der Waals surface area contributed by atoms with Crippen LogP contribution < -0.4 is 0 Å². The minimum absolute atomic E-state index is 0.179. The van der Waals surface area contributed by atoms with Crippen LogP contribution in [-0.4, -0.2) is 23.9 Å². The maximum absolute atomic E-state index is 10.5. The van der Waals surface area contributed by atoms with E-state index in [4.69, 9.17) is 4.74 Å². The van der Waals surface area contributed by atoms with Crippen LogP contribution in [0.3, 0.4) is 0 Å². The fourth-order valence-electron chi connectivity index (χ4n) is 4.99. The van der Waals surface area contributed by atoms with Gasteiger partial charge in [0, 0.05) is 11.3 Å². The number of aliphatic hydroxyl groups excluding tert-OH is 1. The van der Waals surface area contributed by atoms with E-state index in [0.29, 0.717) is 17.9 Å². The zero-order valence-electron chi connectivity index (χ0n) is 10.6. The first-order valence-electron chi connectivity index (χ1n) is 7.17. The van der Waals surface area contributed by atoms with Crippen LogP contribution in [0.1, 0.15) is 37.2 Å². The lowest BCUT2D eigenvalue weighted by Gasteiger charge is -2.35. The molecule has 3 aliphatic rings.